The third-order valence-corrected chi connectivity index (χ3v) is 3.94. The average molecular weight is 329 g/mol. The summed E-state index contributed by atoms with van der Waals surface area (Å²) in [7, 11) is 1.93. The Labute approximate surface area is 133 Å². The van der Waals surface area contributed by atoms with Crippen molar-refractivity contribution in [1.29, 1.82) is 0 Å². The summed E-state index contributed by atoms with van der Waals surface area (Å²) in [5, 5.41) is 15.9. The van der Waals surface area contributed by atoms with E-state index in [-0.39, 0.29) is 24.1 Å². The molecule has 0 aliphatic rings. The van der Waals surface area contributed by atoms with Crippen LogP contribution in [-0.2, 0) is 0 Å². The number of halogens is 1. The highest BCUT2D eigenvalue weighted by Gasteiger charge is 2.10. The highest BCUT2D eigenvalue weighted by molar-refractivity contribution is 7.10. The molecule has 0 bridgehead atoms. The van der Waals surface area contributed by atoms with Crippen molar-refractivity contribution in [3.63, 3.8) is 0 Å². The van der Waals surface area contributed by atoms with Gasteiger partial charge in [-0.15, -0.1) is 23.7 Å². The molecule has 0 aliphatic carbocycles. The average Bonchev–Trinajstić information content (AvgIpc) is 2.98. The predicted molar refractivity (Wildman–Crippen MR) is 86.6 cm³/mol. The van der Waals surface area contributed by atoms with Crippen LogP contribution in [0.5, 0.6) is 5.75 Å². The van der Waals surface area contributed by atoms with Gasteiger partial charge < -0.3 is 10.1 Å². The molecule has 1 aromatic carbocycles. The van der Waals surface area contributed by atoms with Crippen LogP contribution in [-0.4, -0.2) is 18.6 Å². The Bertz CT molecular complexity index is 546. The Balaban J connectivity index is 0.00000220. The molecule has 0 amide bonds. The van der Waals surface area contributed by atoms with Gasteiger partial charge in [0.05, 0.1) is 11.5 Å². The van der Waals surface area contributed by atoms with Crippen molar-refractivity contribution in [2.24, 2.45) is 0 Å². The van der Waals surface area contributed by atoms with Gasteiger partial charge in [0.1, 0.15) is 5.75 Å². The van der Waals surface area contributed by atoms with E-state index in [1.54, 1.807) is 23.5 Å². The summed E-state index contributed by atoms with van der Waals surface area (Å²) in [6.07, 6.45) is 0.841. The van der Waals surface area contributed by atoms with Gasteiger partial charge in [-0.3, -0.25) is 10.1 Å². The van der Waals surface area contributed by atoms with Crippen molar-refractivity contribution in [3.8, 4) is 5.75 Å². The molecule has 2 aromatic rings. The van der Waals surface area contributed by atoms with Crippen LogP contribution in [0.1, 0.15) is 17.3 Å². The summed E-state index contributed by atoms with van der Waals surface area (Å²) < 4.78 is 5.61. The molecule has 114 valence electrons. The Morgan fingerprint density at radius 3 is 2.57 bits per heavy atom. The SMILES string of the molecule is CNC(CCOc1ccc([N+](=O)[O-])cc1)c1cccs1.Cl. The zero-order chi connectivity index (χ0) is 14.4. The molecule has 5 nitrogen and oxygen atoms in total. The molecule has 0 saturated heterocycles. The zero-order valence-electron chi connectivity index (χ0n) is 11.5. The minimum atomic E-state index is -0.419. The van der Waals surface area contributed by atoms with E-state index in [1.807, 2.05) is 13.1 Å². The van der Waals surface area contributed by atoms with Gasteiger partial charge in [0.2, 0.25) is 0 Å². The van der Waals surface area contributed by atoms with E-state index in [4.69, 9.17) is 4.74 Å². The number of nitrogens with one attached hydrogen (secondary N) is 1. The summed E-state index contributed by atoms with van der Waals surface area (Å²) in [4.78, 5) is 11.4. The van der Waals surface area contributed by atoms with E-state index in [0.29, 0.717) is 12.4 Å². The molecule has 1 heterocycles. The maximum Gasteiger partial charge on any atom is 0.269 e. The number of rotatable bonds is 7. The quantitative estimate of drug-likeness (QED) is 0.620. The lowest BCUT2D eigenvalue weighted by atomic mass is 10.2. The van der Waals surface area contributed by atoms with Crippen molar-refractivity contribution >= 4 is 29.4 Å². The third kappa shape index (κ3) is 5.00. The Morgan fingerprint density at radius 2 is 2.05 bits per heavy atom. The number of nitrogens with zero attached hydrogens (tertiary/aromatic N) is 1. The smallest absolute Gasteiger partial charge is 0.269 e. The number of hydrogen-bond acceptors (Lipinski definition) is 5. The number of hydrogen-bond donors (Lipinski definition) is 1. The van der Waals surface area contributed by atoms with Crippen LogP contribution in [0.15, 0.2) is 41.8 Å². The number of nitro benzene ring substituents is 1. The second-order valence-corrected chi connectivity index (χ2v) is 5.22. The first kappa shape index (κ1) is 17.4. The largest absolute Gasteiger partial charge is 0.494 e. The maximum absolute atomic E-state index is 10.5. The molecule has 2 rings (SSSR count). The van der Waals surface area contributed by atoms with E-state index < -0.39 is 4.92 Å². The lowest BCUT2D eigenvalue weighted by Crippen LogP contribution is -2.18. The van der Waals surface area contributed by atoms with Crippen LogP contribution in [0.4, 0.5) is 5.69 Å². The molecule has 1 unspecified atom stereocenters. The summed E-state index contributed by atoms with van der Waals surface area (Å²) >= 11 is 1.71. The monoisotopic (exact) mass is 328 g/mol. The fourth-order valence-electron chi connectivity index (χ4n) is 1.88. The summed E-state index contributed by atoms with van der Waals surface area (Å²) in [6.45, 7) is 0.557. The molecule has 0 saturated carbocycles. The molecule has 0 aliphatic heterocycles. The second-order valence-electron chi connectivity index (χ2n) is 4.24. The van der Waals surface area contributed by atoms with E-state index in [1.165, 1.54) is 17.0 Å². The lowest BCUT2D eigenvalue weighted by molar-refractivity contribution is -0.384. The van der Waals surface area contributed by atoms with E-state index >= 15 is 0 Å². The molecule has 1 atom stereocenters. The van der Waals surface area contributed by atoms with Gasteiger partial charge in [-0.2, -0.15) is 0 Å². The Kier molecular flexibility index (Phi) is 7.14. The first-order chi connectivity index (χ1) is 9.70. The minimum absolute atomic E-state index is 0. The Morgan fingerprint density at radius 1 is 1.33 bits per heavy atom. The summed E-state index contributed by atoms with van der Waals surface area (Å²) in [5.41, 5.74) is 0.0732. The fraction of sp³-hybridized carbons (Fsp3) is 0.286. The molecular formula is C14H17ClN2O3S. The number of nitro groups is 1. The standard InChI is InChI=1S/C14H16N2O3S.ClH/c1-15-13(14-3-2-10-20-14)8-9-19-12-6-4-11(5-7-12)16(17)18;/h2-7,10,13,15H,8-9H2,1H3;1H. The van der Waals surface area contributed by atoms with Crippen LogP contribution >= 0.6 is 23.7 Å². The highest BCUT2D eigenvalue weighted by atomic mass is 35.5. The van der Waals surface area contributed by atoms with Crippen LogP contribution in [0.2, 0.25) is 0 Å². The lowest BCUT2D eigenvalue weighted by Gasteiger charge is -2.14. The van der Waals surface area contributed by atoms with Crippen molar-refractivity contribution in [2.75, 3.05) is 13.7 Å². The van der Waals surface area contributed by atoms with Crippen LogP contribution in [0.25, 0.3) is 0 Å². The van der Waals surface area contributed by atoms with Gasteiger partial charge in [0.15, 0.2) is 0 Å². The highest BCUT2D eigenvalue weighted by Crippen LogP contribution is 2.22. The van der Waals surface area contributed by atoms with Crippen molar-refractivity contribution in [2.45, 2.75) is 12.5 Å². The number of ether oxygens (including phenoxy) is 1. The second kappa shape index (κ2) is 8.61. The van der Waals surface area contributed by atoms with Crippen LogP contribution in [0.3, 0.4) is 0 Å². The van der Waals surface area contributed by atoms with E-state index in [0.717, 1.165) is 6.42 Å². The van der Waals surface area contributed by atoms with Crippen LogP contribution in [0, 0.1) is 10.1 Å². The van der Waals surface area contributed by atoms with Gasteiger partial charge in [-0.05, 0) is 30.6 Å². The molecule has 7 heteroatoms. The first-order valence-electron chi connectivity index (χ1n) is 6.28. The maximum atomic E-state index is 10.5. The molecule has 0 spiro atoms. The molecule has 1 aromatic heterocycles. The van der Waals surface area contributed by atoms with E-state index in [2.05, 4.69) is 16.8 Å². The molecular weight excluding hydrogens is 312 g/mol. The van der Waals surface area contributed by atoms with Gasteiger partial charge in [-0.25, -0.2) is 0 Å². The Hall–Kier alpha value is -1.63. The van der Waals surface area contributed by atoms with Crippen LogP contribution < -0.4 is 10.1 Å². The van der Waals surface area contributed by atoms with Crippen molar-refractivity contribution in [3.05, 3.63) is 56.8 Å². The number of non-ortho nitro benzene ring substituents is 1. The van der Waals surface area contributed by atoms with Crippen molar-refractivity contribution < 1.29 is 9.66 Å². The summed E-state index contributed by atoms with van der Waals surface area (Å²) in [6, 6.07) is 10.5. The molecule has 0 fully saturated rings. The van der Waals surface area contributed by atoms with Gasteiger partial charge >= 0.3 is 0 Å². The fourth-order valence-corrected chi connectivity index (χ4v) is 2.75. The van der Waals surface area contributed by atoms with Gasteiger partial charge in [-0.1, -0.05) is 6.07 Å². The third-order valence-electron chi connectivity index (χ3n) is 2.96. The molecule has 0 radical (unpaired) electrons. The number of thiophene rings is 1. The topological polar surface area (TPSA) is 64.4 Å². The number of benzene rings is 1. The van der Waals surface area contributed by atoms with Crippen molar-refractivity contribution in [1.82, 2.24) is 5.32 Å². The first-order valence-corrected chi connectivity index (χ1v) is 7.16. The van der Waals surface area contributed by atoms with Gasteiger partial charge in [0, 0.05) is 29.5 Å². The normalized spacial score (nSPS) is 11.5. The van der Waals surface area contributed by atoms with E-state index in [9.17, 15) is 10.1 Å². The predicted octanol–water partition coefficient (Wildman–Crippen LogP) is 3.81. The molecule has 1 N–H and O–H groups in total. The summed E-state index contributed by atoms with van der Waals surface area (Å²) in [5.74, 6) is 0.650. The zero-order valence-corrected chi connectivity index (χ0v) is 13.2. The minimum Gasteiger partial charge on any atom is -0.494 e. The van der Waals surface area contributed by atoms with Gasteiger partial charge in [0.25, 0.3) is 5.69 Å². The molecule has 21 heavy (non-hydrogen) atoms.